The summed E-state index contributed by atoms with van der Waals surface area (Å²) in [7, 11) is 0. The smallest absolute Gasteiger partial charge is 0.0991 e. The van der Waals surface area contributed by atoms with E-state index in [-0.39, 0.29) is 12.2 Å². The number of nitrogens with one attached hydrogen (secondary N) is 1. The maximum atomic E-state index is 9.01. The van der Waals surface area contributed by atoms with Gasteiger partial charge in [0.1, 0.15) is 0 Å². The lowest BCUT2D eigenvalue weighted by Gasteiger charge is -2.35. The number of ether oxygens (including phenoxy) is 1. The lowest BCUT2D eigenvalue weighted by atomic mass is 10.1. The topological polar surface area (TPSA) is 48.3 Å². The molecule has 2 aromatic carbocycles. The Labute approximate surface area is 156 Å². The minimum absolute atomic E-state index is 0.288. The highest BCUT2D eigenvalue weighted by Crippen LogP contribution is 2.17. The Morgan fingerprint density at radius 3 is 2.50 bits per heavy atom. The molecule has 136 valence electrons. The fourth-order valence-electron chi connectivity index (χ4n) is 3.63. The molecule has 1 heterocycles. The normalized spacial score (nSPS) is 20.7. The monoisotopic (exact) mass is 349 g/mol. The summed E-state index contributed by atoms with van der Waals surface area (Å²) in [5, 5.41) is 12.5. The van der Waals surface area contributed by atoms with Crippen LogP contribution in [0.25, 0.3) is 0 Å². The average molecular weight is 349 g/mol. The van der Waals surface area contributed by atoms with E-state index in [9.17, 15) is 0 Å². The first-order valence-corrected chi connectivity index (χ1v) is 9.28. The Hall–Kier alpha value is -2.19. The number of nitriles is 1. The van der Waals surface area contributed by atoms with Crippen molar-refractivity contribution in [3.8, 4) is 6.07 Å². The Morgan fingerprint density at radius 2 is 1.77 bits per heavy atom. The first-order valence-electron chi connectivity index (χ1n) is 9.28. The van der Waals surface area contributed by atoms with E-state index in [1.165, 1.54) is 11.1 Å². The summed E-state index contributed by atoms with van der Waals surface area (Å²) in [6, 6.07) is 18.6. The molecule has 4 heteroatoms. The molecule has 1 saturated heterocycles. The van der Waals surface area contributed by atoms with Gasteiger partial charge in [-0.05, 0) is 42.7 Å². The third-order valence-corrected chi connectivity index (χ3v) is 4.71. The van der Waals surface area contributed by atoms with Gasteiger partial charge in [-0.15, -0.1) is 0 Å². The summed E-state index contributed by atoms with van der Waals surface area (Å²) in [5.74, 6) is 0. The van der Waals surface area contributed by atoms with Crippen molar-refractivity contribution in [2.24, 2.45) is 0 Å². The highest BCUT2D eigenvalue weighted by Gasteiger charge is 2.22. The largest absolute Gasteiger partial charge is 0.373 e. The maximum absolute atomic E-state index is 9.01. The highest BCUT2D eigenvalue weighted by molar-refractivity contribution is 5.33. The van der Waals surface area contributed by atoms with Gasteiger partial charge in [-0.25, -0.2) is 0 Å². The van der Waals surface area contributed by atoms with Gasteiger partial charge in [-0.2, -0.15) is 5.26 Å². The fourth-order valence-corrected chi connectivity index (χ4v) is 3.63. The fraction of sp³-hybridized carbons (Fsp3) is 0.409. The molecule has 0 unspecified atom stereocenters. The summed E-state index contributed by atoms with van der Waals surface area (Å²) in [6.07, 6.45) is 0.577. The van der Waals surface area contributed by atoms with E-state index >= 15 is 0 Å². The molecule has 4 nitrogen and oxygen atoms in total. The number of benzene rings is 2. The van der Waals surface area contributed by atoms with Gasteiger partial charge >= 0.3 is 0 Å². The molecule has 0 saturated carbocycles. The van der Waals surface area contributed by atoms with Crippen molar-refractivity contribution in [1.29, 1.82) is 5.26 Å². The number of rotatable bonds is 6. The Balaban J connectivity index is 1.59. The zero-order chi connectivity index (χ0) is 18.4. The van der Waals surface area contributed by atoms with E-state index in [2.05, 4.69) is 60.5 Å². The molecule has 1 fully saturated rings. The van der Waals surface area contributed by atoms with Crippen molar-refractivity contribution in [1.82, 2.24) is 10.2 Å². The predicted molar refractivity (Wildman–Crippen MR) is 103 cm³/mol. The predicted octanol–water partition coefficient (Wildman–Crippen LogP) is 3.46. The molecule has 1 aliphatic rings. The molecule has 2 aromatic rings. The van der Waals surface area contributed by atoms with Crippen LogP contribution in [-0.4, -0.2) is 30.2 Å². The number of nitrogens with zero attached hydrogens (tertiary/aromatic N) is 2. The Morgan fingerprint density at radius 1 is 1.04 bits per heavy atom. The van der Waals surface area contributed by atoms with Crippen LogP contribution >= 0.6 is 0 Å². The highest BCUT2D eigenvalue weighted by atomic mass is 16.5. The first kappa shape index (κ1) is 18.6. The molecule has 1 aliphatic heterocycles. The van der Waals surface area contributed by atoms with Crippen LogP contribution < -0.4 is 5.32 Å². The maximum Gasteiger partial charge on any atom is 0.0991 e. The second kappa shape index (κ2) is 8.95. The van der Waals surface area contributed by atoms with E-state index in [4.69, 9.17) is 10.00 Å². The summed E-state index contributed by atoms with van der Waals surface area (Å²) < 4.78 is 5.84. The van der Waals surface area contributed by atoms with Gasteiger partial charge in [0.05, 0.1) is 23.8 Å². The van der Waals surface area contributed by atoms with Crippen LogP contribution in [0.4, 0.5) is 0 Å². The number of hydrogen-bond donors (Lipinski definition) is 1. The van der Waals surface area contributed by atoms with Crippen molar-refractivity contribution in [3.63, 3.8) is 0 Å². The molecule has 3 rings (SSSR count). The third-order valence-electron chi connectivity index (χ3n) is 4.71. The minimum atomic E-state index is 0.288. The van der Waals surface area contributed by atoms with Gasteiger partial charge in [0.25, 0.3) is 0 Å². The lowest BCUT2D eigenvalue weighted by molar-refractivity contribution is -0.0705. The van der Waals surface area contributed by atoms with Gasteiger partial charge in [0.2, 0.25) is 0 Å². The summed E-state index contributed by atoms with van der Waals surface area (Å²) in [4.78, 5) is 2.48. The Bertz CT molecular complexity index is 758. The van der Waals surface area contributed by atoms with Crippen LogP contribution in [0.3, 0.4) is 0 Å². The van der Waals surface area contributed by atoms with Crippen LogP contribution in [0.15, 0.2) is 48.5 Å². The molecule has 1 N–H and O–H groups in total. The molecule has 0 radical (unpaired) electrons. The molecular weight excluding hydrogens is 322 g/mol. The van der Waals surface area contributed by atoms with E-state index in [0.29, 0.717) is 5.56 Å². The molecule has 0 aromatic heterocycles. The zero-order valence-corrected chi connectivity index (χ0v) is 15.6. The van der Waals surface area contributed by atoms with Crippen molar-refractivity contribution in [2.45, 2.75) is 45.7 Å². The average Bonchev–Trinajstić information content (AvgIpc) is 2.62. The molecular formula is C22H27N3O. The van der Waals surface area contributed by atoms with Crippen molar-refractivity contribution in [2.75, 3.05) is 13.1 Å². The van der Waals surface area contributed by atoms with Gasteiger partial charge in [0.15, 0.2) is 0 Å². The van der Waals surface area contributed by atoms with Gasteiger partial charge in [-0.1, -0.05) is 36.4 Å². The van der Waals surface area contributed by atoms with E-state index in [1.807, 2.05) is 18.2 Å². The molecule has 0 aliphatic carbocycles. The quantitative estimate of drug-likeness (QED) is 0.868. The molecule has 0 bridgehead atoms. The summed E-state index contributed by atoms with van der Waals surface area (Å²) in [6.45, 7) is 8.79. The van der Waals surface area contributed by atoms with Crippen molar-refractivity contribution >= 4 is 0 Å². The number of morpholine rings is 1. The standard InChI is InChI=1S/C22H27N3O/c1-17-14-25(15-18(2)26-17)16-22-9-4-3-8-21(22)13-24-12-20-7-5-6-19(10-20)11-23/h3-10,17-18,24H,12-16H2,1-2H3/t17-,18-/m0/s1. The first-order chi connectivity index (χ1) is 12.6. The minimum Gasteiger partial charge on any atom is -0.373 e. The van der Waals surface area contributed by atoms with E-state index in [1.54, 1.807) is 0 Å². The third kappa shape index (κ3) is 5.15. The molecule has 2 atom stereocenters. The van der Waals surface area contributed by atoms with E-state index < -0.39 is 0 Å². The molecule has 0 spiro atoms. The van der Waals surface area contributed by atoms with Crippen LogP contribution in [0.1, 0.15) is 36.1 Å². The van der Waals surface area contributed by atoms with Crippen LogP contribution in [-0.2, 0) is 24.4 Å². The summed E-state index contributed by atoms with van der Waals surface area (Å²) in [5.41, 5.74) is 4.54. The van der Waals surface area contributed by atoms with Gasteiger partial charge < -0.3 is 10.1 Å². The second-order valence-corrected chi connectivity index (χ2v) is 7.14. The van der Waals surface area contributed by atoms with Crippen molar-refractivity contribution < 1.29 is 4.74 Å². The van der Waals surface area contributed by atoms with Crippen LogP contribution in [0.5, 0.6) is 0 Å². The number of hydrogen-bond acceptors (Lipinski definition) is 4. The van der Waals surface area contributed by atoms with E-state index in [0.717, 1.165) is 38.3 Å². The lowest BCUT2D eigenvalue weighted by Crippen LogP contribution is -2.45. The van der Waals surface area contributed by atoms with Crippen LogP contribution in [0, 0.1) is 11.3 Å². The van der Waals surface area contributed by atoms with Crippen molar-refractivity contribution in [3.05, 3.63) is 70.8 Å². The van der Waals surface area contributed by atoms with Gasteiger partial charge in [0, 0.05) is 32.7 Å². The second-order valence-electron chi connectivity index (χ2n) is 7.14. The SMILES string of the molecule is C[C@H]1CN(Cc2ccccc2CNCc2cccc(C#N)c2)C[C@H](C)O1. The van der Waals surface area contributed by atoms with Crippen LogP contribution in [0.2, 0.25) is 0 Å². The summed E-state index contributed by atoms with van der Waals surface area (Å²) >= 11 is 0. The zero-order valence-electron chi connectivity index (χ0n) is 15.6. The molecule has 0 amide bonds. The Kier molecular flexibility index (Phi) is 6.40. The van der Waals surface area contributed by atoms with Gasteiger partial charge in [-0.3, -0.25) is 4.90 Å². The molecule has 26 heavy (non-hydrogen) atoms.